The molecule has 0 amide bonds. The van der Waals surface area contributed by atoms with Gasteiger partial charge in [-0.15, -0.1) is 0 Å². The summed E-state index contributed by atoms with van der Waals surface area (Å²) in [6.45, 7) is 6.66. The molecule has 5 nitrogen and oxygen atoms in total. The van der Waals surface area contributed by atoms with Gasteiger partial charge in [-0.1, -0.05) is 19.3 Å². The molecule has 0 bridgehead atoms. The maximum Gasteiger partial charge on any atom is 0.193 e. The van der Waals surface area contributed by atoms with Gasteiger partial charge in [0.2, 0.25) is 0 Å². The van der Waals surface area contributed by atoms with Crippen LogP contribution in [0.2, 0.25) is 0 Å². The Hall–Kier alpha value is -0.460. The van der Waals surface area contributed by atoms with Crippen molar-refractivity contribution >= 4 is 17.7 Å². The molecule has 3 fully saturated rings. The first-order chi connectivity index (χ1) is 12.3. The van der Waals surface area contributed by atoms with Crippen molar-refractivity contribution in [3.05, 3.63) is 0 Å². The molecule has 1 saturated carbocycles. The standard InChI is InChI=1S/C19H35N3O2S/c1-20-18(21-9-5-11-23-14-17-6-12-24-15-17)22-10-13-25-19(16-22)7-3-2-4-8-19/h17H,2-16H2,1H3,(H,20,21). The molecule has 0 aromatic rings. The Morgan fingerprint density at radius 2 is 2.24 bits per heavy atom. The fourth-order valence-corrected chi connectivity index (χ4v) is 5.76. The second kappa shape index (κ2) is 10.0. The van der Waals surface area contributed by atoms with Crippen LogP contribution in [0.3, 0.4) is 0 Å². The summed E-state index contributed by atoms with van der Waals surface area (Å²) in [6.07, 6.45) is 9.16. The minimum Gasteiger partial charge on any atom is -0.381 e. The SMILES string of the molecule is CN=C(NCCCOCC1CCOC1)N1CCSC2(CCCCC2)C1. The molecule has 3 rings (SSSR count). The van der Waals surface area contributed by atoms with Crippen molar-refractivity contribution in [1.82, 2.24) is 10.2 Å². The number of hydrogen-bond acceptors (Lipinski definition) is 4. The van der Waals surface area contributed by atoms with Gasteiger partial charge in [-0.2, -0.15) is 11.8 Å². The topological polar surface area (TPSA) is 46.1 Å². The normalized spacial score (nSPS) is 27.0. The van der Waals surface area contributed by atoms with Crippen LogP contribution in [0, 0.1) is 5.92 Å². The Morgan fingerprint density at radius 3 is 3.00 bits per heavy atom. The number of nitrogens with zero attached hydrogens (tertiary/aromatic N) is 2. The fourth-order valence-electron chi connectivity index (χ4n) is 4.20. The molecule has 0 radical (unpaired) electrons. The number of aliphatic imine (C=N–C) groups is 1. The molecule has 2 heterocycles. The zero-order chi connectivity index (χ0) is 17.4. The van der Waals surface area contributed by atoms with E-state index >= 15 is 0 Å². The molecule has 6 heteroatoms. The summed E-state index contributed by atoms with van der Waals surface area (Å²) in [5.74, 6) is 2.92. The molecular formula is C19H35N3O2S. The van der Waals surface area contributed by atoms with Gasteiger partial charge in [0, 0.05) is 56.3 Å². The second-order valence-corrected chi connectivity index (χ2v) is 9.21. The molecule has 1 spiro atoms. The molecule has 3 aliphatic rings. The van der Waals surface area contributed by atoms with Crippen molar-refractivity contribution in [3.8, 4) is 0 Å². The number of thioether (sulfide) groups is 1. The average Bonchev–Trinajstić information content (AvgIpc) is 3.15. The van der Waals surface area contributed by atoms with Crippen molar-refractivity contribution in [1.29, 1.82) is 0 Å². The van der Waals surface area contributed by atoms with Gasteiger partial charge >= 0.3 is 0 Å². The van der Waals surface area contributed by atoms with Gasteiger partial charge in [0.25, 0.3) is 0 Å². The van der Waals surface area contributed by atoms with Gasteiger partial charge < -0.3 is 19.7 Å². The van der Waals surface area contributed by atoms with Gasteiger partial charge in [-0.3, -0.25) is 4.99 Å². The predicted molar refractivity (Wildman–Crippen MR) is 106 cm³/mol. The summed E-state index contributed by atoms with van der Waals surface area (Å²) in [5.41, 5.74) is 0. The van der Waals surface area contributed by atoms with Crippen LogP contribution in [-0.4, -0.2) is 74.5 Å². The molecule has 1 atom stereocenters. The number of guanidine groups is 1. The van der Waals surface area contributed by atoms with E-state index < -0.39 is 0 Å². The molecule has 25 heavy (non-hydrogen) atoms. The molecule has 1 N–H and O–H groups in total. The van der Waals surface area contributed by atoms with Crippen molar-refractivity contribution in [2.45, 2.75) is 49.7 Å². The highest BCUT2D eigenvalue weighted by Gasteiger charge is 2.38. The van der Waals surface area contributed by atoms with E-state index in [1.54, 1.807) is 0 Å². The van der Waals surface area contributed by atoms with Crippen LogP contribution in [0.1, 0.15) is 44.9 Å². The first kappa shape index (κ1) is 19.3. The van der Waals surface area contributed by atoms with Gasteiger partial charge in [0.05, 0.1) is 13.2 Å². The maximum atomic E-state index is 5.79. The summed E-state index contributed by atoms with van der Waals surface area (Å²) in [6, 6.07) is 0. The van der Waals surface area contributed by atoms with Crippen LogP contribution < -0.4 is 5.32 Å². The first-order valence-corrected chi connectivity index (χ1v) is 11.0. The summed E-state index contributed by atoms with van der Waals surface area (Å²) < 4.78 is 11.7. The smallest absolute Gasteiger partial charge is 0.193 e. The van der Waals surface area contributed by atoms with Crippen LogP contribution in [0.15, 0.2) is 4.99 Å². The third-order valence-corrected chi connectivity index (χ3v) is 7.19. The molecule has 1 unspecified atom stereocenters. The maximum absolute atomic E-state index is 5.79. The fraction of sp³-hybridized carbons (Fsp3) is 0.947. The van der Waals surface area contributed by atoms with Crippen LogP contribution >= 0.6 is 11.8 Å². The lowest BCUT2D eigenvalue weighted by molar-refractivity contribution is 0.0887. The largest absolute Gasteiger partial charge is 0.381 e. The number of ether oxygens (including phenoxy) is 2. The quantitative estimate of drug-likeness (QED) is 0.443. The Balaban J connectivity index is 1.34. The Kier molecular flexibility index (Phi) is 7.74. The van der Waals surface area contributed by atoms with E-state index in [4.69, 9.17) is 9.47 Å². The Labute approximate surface area is 157 Å². The van der Waals surface area contributed by atoms with E-state index in [0.717, 1.165) is 64.9 Å². The van der Waals surface area contributed by atoms with E-state index in [1.807, 2.05) is 7.05 Å². The molecule has 2 aliphatic heterocycles. The predicted octanol–water partition coefficient (Wildman–Crippen LogP) is 2.76. The van der Waals surface area contributed by atoms with Gasteiger partial charge in [0.1, 0.15) is 0 Å². The molecule has 1 aliphatic carbocycles. The van der Waals surface area contributed by atoms with E-state index in [9.17, 15) is 0 Å². The molecule has 0 aromatic carbocycles. The number of rotatable bonds is 6. The lowest BCUT2D eigenvalue weighted by Gasteiger charge is -2.45. The summed E-state index contributed by atoms with van der Waals surface area (Å²) >= 11 is 2.21. The minimum atomic E-state index is 0.487. The second-order valence-electron chi connectivity index (χ2n) is 7.65. The van der Waals surface area contributed by atoms with E-state index in [-0.39, 0.29) is 0 Å². The van der Waals surface area contributed by atoms with Crippen LogP contribution in [-0.2, 0) is 9.47 Å². The molecule has 0 aromatic heterocycles. The molecule has 144 valence electrons. The number of hydrogen-bond donors (Lipinski definition) is 1. The van der Waals surface area contributed by atoms with Gasteiger partial charge in [0.15, 0.2) is 5.96 Å². The van der Waals surface area contributed by atoms with Crippen molar-refractivity contribution in [3.63, 3.8) is 0 Å². The van der Waals surface area contributed by atoms with E-state index in [2.05, 4.69) is 27.0 Å². The third kappa shape index (κ3) is 5.76. The monoisotopic (exact) mass is 369 g/mol. The van der Waals surface area contributed by atoms with Gasteiger partial charge in [-0.05, 0) is 25.7 Å². The third-order valence-electron chi connectivity index (χ3n) is 5.65. The highest BCUT2D eigenvalue weighted by molar-refractivity contribution is 8.00. The highest BCUT2D eigenvalue weighted by atomic mass is 32.2. The Bertz CT molecular complexity index is 415. The van der Waals surface area contributed by atoms with Gasteiger partial charge in [-0.25, -0.2) is 0 Å². The molecular weight excluding hydrogens is 334 g/mol. The van der Waals surface area contributed by atoms with Crippen LogP contribution in [0.4, 0.5) is 0 Å². The summed E-state index contributed by atoms with van der Waals surface area (Å²) in [4.78, 5) is 7.02. The minimum absolute atomic E-state index is 0.487. The number of nitrogens with one attached hydrogen (secondary N) is 1. The summed E-state index contributed by atoms with van der Waals surface area (Å²) in [5, 5.41) is 3.55. The summed E-state index contributed by atoms with van der Waals surface area (Å²) in [7, 11) is 1.91. The lowest BCUT2D eigenvalue weighted by atomic mass is 9.87. The highest BCUT2D eigenvalue weighted by Crippen LogP contribution is 2.42. The zero-order valence-corrected chi connectivity index (χ0v) is 16.6. The van der Waals surface area contributed by atoms with Crippen LogP contribution in [0.5, 0.6) is 0 Å². The molecule has 2 saturated heterocycles. The van der Waals surface area contributed by atoms with E-state index in [1.165, 1.54) is 37.9 Å². The zero-order valence-electron chi connectivity index (χ0n) is 15.8. The van der Waals surface area contributed by atoms with Crippen molar-refractivity contribution < 1.29 is 9.47 Å². The first-order valence-electron chi connectivity index (χ1n) is 10.1. The van der Waals surface area contributed by atoms with Crippen molar-refractivity contribution in [2.24, 2.45) is 10.9 Å². The van der Waals surface area contributed by atoms with E-state index in [0.29, 0.717) is 10.7 Å². The lowest BCUT2D eigenvalue weighted by Crippen LogP contribution is -2.53. The van der Waals surface area contributed by atoms with Crippen molar-refractivity contribution in [2.75, 3.05) is 58.9 Å². The average molecular weight is 370 g/mol. The van der Waals surface area contributed by atoms with Crippen LogP contribution in [0.25, 0.3) is 0 Å². The Morgan fingerprint density at radius 1 is 1.36 bits per heavy atom.